The molecule has 1 fully saturated rings. The highest BCUT2D eigenvalue weighted by molar-refractivity contribution is 8.20. The molecular formula is C18H19ClFN3O5S. The minimum absolute atomic E-state index is 0.0933. The lowest BCUT2D eigenvalue weighted by molar-refractivity contribution is -0.120. The van der Waals surface area contributed by atoms with Crippen LogP contribution >= 0.6 is 22.6 Å². The molecule has 2 aromatic carbocycles. The quantitative estimate of drug-likeness (QED) is 0.488. The molecule has 0 saturated carbocycles. The lowest BCUT2D eigenvalue weighted by atomic mass is 9.98. The van der Waals surface area contributed by atoms with E-state index in [0.717, 1.165) is 10.4 Å². The number of carbonyl (C=O) groups excluding carboxylic acids is 1. The Bertz CT molecular complexity index is 944. The molecule has 0 aromatic heterocycles. The highest BCUT2D eigenvalue weighted by Crippen LogP contribution is 2.48. The zero-order valence-corrected chi connectivity index (χ0v) is 16.7. The molecule has 3 rings (SSSR count). The van der Waals surface area contributed by atoms with Gasteiger partial charge in [-0.1, -0.05) is 34.7 Å². The summed E-state index contributed by atoms with van der Waals surface area (Å²) in [4.78, 5) is 23.8. The second-order valence-electron chi connectivity index (χ2n) is 6.53. The van der Waals surface area contributed by atoms with Crippen LogP contribution in [-0.2, 0) is 4.79 Å². The number of nitrogens with zero attached hydrogens (tertiary/aromatic N) is 1. The number of carbonyl (C=O) groups is 2. The topological polar surface area (TPSA) is 122 Å². The molecule has 0 aliphatic carbocycles. The maximum absolute atomic E-state index is 13.3. The molecule has 2 aromatic rings. The van der Waals surface area contributed by atoms with E-state index >= 15 is 0 Å². The summed E-state index contributed by atoms with van der Waals surface area (Å²) in [5, 5.41) is 11.5. The van der Waals surface area contributed by atoms with Gasteiger partial charge in [-0.3, -0.25) is 13.9 Å². The normalized spacial score (nSPS) is 22.7. The van der Waals surface area contributed by atoms with E-state index in [0.29, 0.717) is 5.56 Å². The monoisotopic (exact) mass is 443 g/mol. The number of nitrogens with one attached hydrogen (secondary N) is 2. The fraction of sp³-hybridized carbons (Fsp3) is 0.222. The number of rotatable bonds is 4. The molecule has 1 aliphatic heterocycles. The van der Waals surface area contributed by atoms with Gasteiger partial charge in [-0.2, -0.15) is 9.03 Å². The van der Waals surface area contributed by atoms with Gasteiger partial charge in [0, 0.05) is 12.7 Å². The van der Waals surface area contributed by atoms with Gasteiger partial charge in [-0.15, -0.1) is 0 Å². The molecule has 1 aliphatic rings. The number of amides is 1. The number of likely N-dealkylation sites (N-methyl/N-ethyl adjacent to an activating group) is 1. The number of hydrogen-bond acceptors (Lipinski definition) is 6. The predicted molar refractivity (Wildman–Crippen MR) is 108 cm³/mol. The van der Waals surface area contributed by atoms with E-state index in [1.807, 2.05) is 0 Å². The van der Waals surface area contributed by atoms with E-state index in [9.17, 15) is 23.1 Å². The van der Waals surface area contributed by atoms with Gasteiger partial charge in [0.25, 0.3) is 0 Å². The minimum atomic E-state index is -3.47. The largest absolute Gasteiger partial charge is 0.478 e. The van der Waals surface area contributed by atoms with Crippen LogP contribution in [0.4, 0.5) is 10.1 Å². The molecule has 0 radical (unpaired) electrons. The van der Waals surface area contributed by atoms with Crippen molar-refractivity contribution < 1.29 is 28.2 Å². The van der Waals surface area contributed by atoms with Crippen LogP contribution in [0.25, 0.3) is 0 Å². The number of aromatic carboxylic acids is 1. The van der Waals surface area contributed by atoms with Crippen LogP contribution in [0.2, 0.25) is 5.02 Å². The van der Waals surface area contributed by atoms with Crippen LogP contribution in [0.1, 0.15) is 28.4 Å². The van der Waals surface area contributed by atoms with E-state index in [1.54, 1.807) is 12.1 Å². The van der Waals surface area contributed by atoms with E-state index < -0.39 is 40.7 Å². The molecule has 156 valence electrons. The Morgan fingerprint density at radius 3 is 2.48 bits per heavy atom. The Hall–Kier alpha value is -2.21. The van der Waals surface area contributed by atoms with Crippen molar-refractivity contribution in [1.82, 2.24) is 9.03 Å². The lowest BCUT2D eigenvalue weighted by Gasteiger charge is -2.50. The number of carboxylic acids is 1. The number of benzene rings is 2. The molecule has 0 spiro atoms. The first-order valence-electron chi connectivity index (χ1n) is 8.46. The number of anilines is 1. The molecule has 8 nitrogen and oxygen atoms in total. The van der Waals surface area contributed by atoms with Crippen molar-refractivity contribution in [3.63, 3.8) is 0 Å². The first-order chi connectivity index (χ1) is 13.6. The van der Waals surface area contributed by atoms with E-state index in [-0.39, 0.29) is 22.7 Å². The summed E-state index contributed by atoms with van der Waals surface area (Å²) in [6, 6.07) is 8.10. The third kappa shape index (κ3) is 4.69. The van der Waals surface area contributed by atoms with Gasteiger partial charge in [-0.25, -0.2) is 9.18 Å². The number of carboxylic acid groups (broad SMARTS) is 1. The van der Waals surface area contributed by atoms with Gasteiger partial charge < -0.3 is 10.4 Å². The molecule has 5 N–H and O–H groups in total. The van der Waals surface area contributed by atoms with Gasteiger partial charge in [-0.05, 0) is 42.3 Å². The summed E-state index contributed by atoms with van der Waals surface area (Å²) in [5.74, 6) is -2.22. The Morgan fingerprint density at radius 1 is 1.24 bits per heavy atom. The van der Waals surface area contributed by atoms with Crippen LogP contribution < -0.4 is 10.0 Å². The number of hydrogen-bond donors (Lipinski definition) is 5. The van der Waals surface area contributed by atoms with Gasteiger partial charge >= 0.3 is 5.97 Å². The molecule has 2 unspecified atom stereocenters. The Labute approximate surface area is 172 Å². The summed E-state index contributed by atoms with van der Waals surface area (Å²) >= 11 is 5.73. The minimum Gasteiger partial charge on any atom is -0.478 e. The standard InChI is InChI=1S/C18H19ClFN3O5S/c1-23-16(17(24)21-12-6-7-14(20)13(19)8-12)9-15(22-29(23,27)28)10-2-4-11(5-3-10)18(25)26/h2-8,15-16,22,27-28H,9H2,1H3,(H,21,24)(H,25,26). The summed E-state index contributed by atoms with van der Waals surface area (Å²) in [5.41, 5.74) is 0.966. The van der Waals surface area contributed by atoms with Crippen molar-refractivity contribution in [3.8, 4) is 0 Å². The van der Waals surface area contributed by atoms with Gasteiger partial charge in [0.2, 0.25) is 5.91 Å². The molecule has 29 heavy (non-hydrogen) atoms. The molecule has 0 bridgehead atoms. The average Bonchev–Trinajstić information content (AvgIpc) is 2.66. The maximum atomic E-state index is 13.3. The first kappa shape index (κ1) is 21.5. The molecule has 1 saturated heterocycles. The van der Waals surface area contributed by atoms with Crippen molar-refractivity contribution in [2.24, 2.45) is 0 Å². The maximum Gasteiger partial charge on any atom is 0.335 e. The summed E-state index contributed by atoms with van der Waals surface area (Å²) in [7, 11) is -2.07. The van der Waals surface area contributed by atoms with Gasteiger partial charge in [0.05, 0.1) is 16.6 Å². The van der Waals surface area contributed by atoms with Crippen LogP contribution in [0.3, 0.4) is 0 Å². The zero-order chi connectivity index (χ0) is 21.3. The van der Waals surface area contributed by atoms with E-state index in [4.69, 9.17) is 16.7 Å². The highest BCUT2D eigenvalue weighted by Gasteiger charge is 2.41. The van der Waals surface area contributed by atoms with Crippen LogP contribution in [-0.4, -0.2) is 43.5 Å². The highest BCUT2D eigenvalue weighted by atomic mass is 35.5. The SMILES string of the molecule is CN1C(C(=O)Nc2ccc(F)c(Cl)c2)CC(c2ccc(C(=O)O)cc2)NS1(O)O. The van der Waals surface area contributed by atoms with E-state index in [2.05, 4.69) is 10.0 Å². The van der Waals surface area contributed by atoms with Gasteiger partial charge in [0.15, 0.2) is 0 Å². The third-order valence-corrected chi connectivity index (χ3v) is 6.60. The fourth-order valence-corrected chi connectivity index (χ4v) is 4.50. The molecule has 11 heteroatoms. The third-order valence-electron chi connectivity index (χ3n) is 4.65. The number of halogens is 2. The van der Waals surface area contributed by atoms with Crippen molar-refractivity contribution in [1.29, 1.82) is 0 Å². The summed E-state index contributed by atoms with van der Waals surface area (Å²) in [6.07, 6.45) is 0.180. The van der Waals surface area contributed by atoms with Crippen LogP contribution in [0.5, 0.6) is 0 Å². The van der Waals surface area contributed by atoms with Crippen LogP contribution in [0, 0.1) is 5.82 Å². The van der Waals surface area contributed by atoms with Crippen molar-refractivity contribution in [2.75, 3.05) is 12.4 Å². The van der Waals surface area contributed by atoms with Crippen molar-refractivity contribution in [2.45, 2.75) is 18.5 Å². The average molecular weight is 444 g/mol. The second-order valence-corrected chi connectivity index (χ2v) is 8.79. The second kappa shape index (κ2) is 8.27. The predicted octanol–water partition coefficient (Wildman–Crippen LogP) is 3.73. The lowest BCUT2D eigenvalue weighted by Crippen LogP contribution is -2.53. The molecule has 1 amide bonds. The molecular weight excluding hydrogens is 425 g/mol. The summed E-state index contributed by atoms with van der Waals surface area (Å²) in [6.45, 7) is 0. The van der Waals surface area contributed by atoms with E-state index in [1.165, 1.54) is 31.3 Å². The fourth-order valence-electron chi connectivity index (χ4n) is 3.00. The Kier molecular flexibility index (Phi) is 6.13. The Morgan fingerprint density at radius 2 is 1.90 bits per heavy atom. The Balaban J connectivity index is 1.82. The van der Waals surface area contributed by atoms with Crippen molar-refractivity contribution >= 4 is 40.1 Å². The van der Waals surface area contributed by atoms with Crippen molar-refractivity contribution in [3.05, 3.63) is 64.4 Å². The zero-order valence-electron chi connectivity index (χ0n) is 15.2. The first-order valence-corrected chi connectivity index (χ1v) is 10.3. The van der Waals surface area contributed by atoms with Crippen LogP contribution in [0.15, 0.2) is 42.5 Å². The molecule has 1 heterocycles. The summed E-state index contributed by atoms with van der Waals surface area (Å²) < 4.78 is 37.9. The smallest absolute Gasteiger partial charge is 0.335 e. The molecule has 2 atom stereocenters. The van der Waals surface area contributed by atoms with Gasteiger partial charge in [0.1, 0.15) is 11.9 Å².